The molecule has 1 aliphatic rings. The zero-order chi connectivity index (χ0) is 21.8. The number of nitrogens with zero attached hydrogens (tertiary/aromatic N) is 1. The van der Waals surface area contributed by atoms with Crippen molar-refractivity contribution in [3.63, 3.8) is 0 Å². The van der Waals surface area contributed by atoms with Crippen LogP contribution in [0.3, 0.4) is 0 Å². The number of primary amides is 1. The lowest BCUT2D eigenvalue weighted by Crippen LogP contribution is -2.37. The minimum Gasteiger partial charge on any atom is -0.383 e. The van der Waals surface area contributed by atoms with Crippen molar-refractivity contribution in [1.29, 1.82) is 0 Å². The lowest BCUT2D eigenvalue weighted by Gasteiger charge is -2.36. The molecule has 1 unspecified atom stereocenters. The van der Waals surface area contributed by atoms with Crippen molar-refractivity contribution in [2.24, 2.45) is 5.73 Å². The molecule has 6 N–H and O–H groups in total. The van der Waals surface area contributed by atoms with Crippen LogP contribution in [0.2, 0.25) is 0 Å². The maximum Gasteiger partial charge on any atom is 0.244 e. The summed E-state index contributed by atoms with van der Waals surface area (Å²) in [5.41, 5.74) is 16.2. The Bertz CT molecular complexity index is 1170. The third kappa shape index (κ3) is 4.28. The molecule has 6 heteroatoms. The number of allylic oxidation sites excluding steroid dienone is 2. The molecule has 156 valence electrons. The first kappa shape index (κ1) is 20.2. The van der Waals surface area contributed by atoms with Crippen LogP contribution in [-0.2, 0) is 10.3 Å². The van der Waals surface area contributed by atoms with Crippen LogP contribution in [0.1, 0.15) is 17.5 Å². The van der Waals surface area contributed by atoms with Gasteiger partial charge < -0.3 is 22.1 Å². The minimum atomic E-state index is -0.675. The van der Waals surface area contributed by atoms with Crippen LogP contribution < -0.4 is 22.1 Å². The maximum atomic E-state index is 12.0. The van der Waals surface area contributed by atoms with Crippen molar-refractivity contribution in [1.82, 2.24) is 4.98 Å². The number of nitrogens with one attached hydrogen (secondary N) is 2. The molecule has 2 aromatic carbocycles. The Labute approximate surface area is 181 Å². The fraction of sp³-hybridized carbons (Fsp3) is 0.120. The fourth-order valence-corrected chi connectivity index (χ4v) is 3.76. The summed E-state index contributed by atoms with van der Waals surface area (Å²) in [7, 11) is 0. The van der Waals surface area contributed by atoms with E-state index in [1.165, 1.54) is 0 Å². The fourth-order valence-electron chi connectivity index (χ4n) is 3.76. The molecule has 0 spiro atoms. The Kier molecular flexibility index (Phi) is 5.45. The highest BCUT2D eigenvalue weighted by molar-refractivity contribution is 5.93. The van der Waals surface area contributed by atoms with E-state index in [1.807, 2.05) is 67.6 Å². The molecule has 1 heterocycles. The zero-order valence-electron chi connectivity index (χ0n) is 17.3. The summed E-state index contributed by atoms with van der Waals surface area (Å²) in [6.45, 7) is 1.92. The molecule has 3 aromatic rings. The highest BCUT2D eigenvalue weighted by atomic mass is 16.1. The van der Waals surface area contributed by atoms with Crippen molar-refractivity contribution in [2.75, 3.05) is 16.4 Å². The number of aromatic nitrogens is 1. The van der Waals surface area contributed by atoms with Crippen molar-refractivity contribution in [3.05, 3.63) is 102 Å². The van der Waals surface area contributed by atoms with Gasteiger partial charge in [0.2, 0.25) is 5.91 Å². The van der Waals surface area contributed by atoms with Gasteiger partial charge >= 0.3 is 0 Å². The average molecular weight is 412 g/mol. The average Bonchev–Trinajstić information content (AvgIpc) is 2.78. The molecular weight excluding hydrogens is 386 g/mol. The molecule has 4 rings (SSSR count). The molecule has 1 atom stereocenters. The Morgan fingerprint density at radius 2 is 1.84 bits per heavy atom. The first-order chi connectivity index (χ1) is 15.0. The first-order valence-corrected chi connectivity index (χ1v) is 10.1. The summed E-state index contributed by atoms with van der Waals surface area (Å²) in [6, 6.07) is 20.0. The van der Waals surface area contributed by atoms with E-state index in [9.17, 15) is 4.79 Å². The monoisotopic (exact) mass is 411 g/mol. The van der Waals surface area contributed by atoms with Gasteiger partial charge in [-0.2, -0.15) is 0 Å². The standard InChI is InChI=1S/C25H25N5O/c1-17-22(12-14-28-23(17)26)30-25(13-6-7-18(16-25)24(27)31)19-8-5-11-21(15-19)29-20-9-3-2-4-10-20/h2-15,29H,16H2,1H3,(H2,27,31)(H3,26,28,30). The Balaban J connectivity index is 1.76. The second-order valence-corrected chi connectivity index (χ2v) is 7.63. The molecule has 0 aliphatic heterocycles. The van der Waals surface area contributed by atoms with Gasteiger partial charge in [0, 0.05) is 40.8 Å². The number of nitrogen functional groups attached to an aromatic ring is 1. The molecule has 0 saturated heterocycles. The highest BCUT2D eigenvalue weighted by Crippen LogP contribution is 2.39. The van der Waals surface area contributed by atoms with Gasteiger partial charge in [-0.25, -0.2) is 4.98 Å². The van der Waals surface area contributed by atoms with E-state index in [4.69, 9.17) is 11.5 Å². The van der Waals surface area contributed by atoms with E-state index < -0.39 is 11.4 Å². The molecule has 1 amide bonds. The van der Waals surface area contributed by atoms with Gasteiger partial charge in [0.25, 0.3) is 0 Å². The molecule has 0 bridgehead atoms. The predicted molar refractivity (Wildman–Crippen MR) is 126 cm³/mol. The first-order valence-electron chi connectivity index (χ1n) is 10.1. The van der Waals surface area contributed by atoms with Crippen molar-refractivity contribution in [3.8, 4) is 0 Å². The van der Waals surface area contributed by atoms with E-state index in [-0.39, 0.29) is 0 Å². The number of benzene rings is 2. The molecule has 1 aromatic heterocycles. The molecule has 6 nitrogen and oxygen atoms in total. The van der Waals surface area contributed by atoms with Crippen LogP contribution in [-0.4, -0.2) is 10.9 Å². The van der Waals surface area contributed by atoms with E-state index in [0.29, 0.717) is 17.8 Å². The summed E-state index contributed by atoms with van der Waals surface area (Å²) in [5, 5.41) is 7.04. The number of carbonyl (C=O) groups excluding carboxylic acids is 1. The van der Waals surface area contributed by atoms with E-state index in [2.05, 4.69) is 27.8 Å². The summed E-state index contributed by atoms with van der Waals surface area (Å²) < 4.78 is 0. The molecular formula is C25H25N5O. The Hall–Kier alpha value is -4.06. The van der Waals surface area contributed by atoms with Gasteiger partial charge in [-0.15, -0.1) is 0 Å². The topological polar surface area (TPSA) is 106 Å². The number of hydrogen-bond donors (Lipinski definition) is 4. The molecule has 1 aliphatic carbocycles. The van der Waals surface area contributed by atoms with Crippen LogP contribution in [0, 0.1) is 6.92 Å². The smallest absolute Gasteiger partial charge is 0.244 e. The van der Waals surface area contributed by atoms with Gasteiger partial charge in [0.1, 0.15) is 5.82 Å². The van der Waals surface area contributed by atoms with Crippen molar-refractivity contribution < 1.29 is 4.79 Å². The molecule has 0 radical (unpaired) electrons. The number of rotatable bonds is 6. The zero-order valence-corrected chi connectivity index (χ0v) is 17.3. The van der Waals surface area contributed by atoms with Crippen LogP contribution in [0.15, 0.2) is 90.7 Å². The lowest BCUT2D eigenvalue weighted by atomic mass is 9.79. The van der Waals surface area contributed by atoms with Crippen molar-refractivity contribution >= 4 is 28.8 Å². The summed E-state index contributed by atoms with van der Waals surface area (Å²) in [6.07, 6.45) is 7.77. The van der Waals surface area contributed by atoms with Crippen LogP contribution >= 0.6 is 0 Å². The summed E-state index contributed by atoms with van der Waals surface area (Å²) in [4.78, 5) is 16.2. The second kappa shape index (κ2) is 8.36. The number of anilines is 4. The quantitative estimate of drug-likeness (QED) is 0.481. The van der Waals surface area contributed by atoms with E-state index in [1.54, 1.807) is 12.3 Å². The highest BCUT2D eigenvalue weighted by Gasteiger charge is 2.34. The number of hydrogen-bond acceptors (Lipinski definition) is 5. The van der Waals surface area contributed by atoms with E-state index >= 15 is 0 Å². The SMILES string of the molecule is Cc1c(NC2(c3cccc(Nc4ccccc4)c3)C=CC=C(C(N)=O)C2)ccnc1N. The molecule has 0 saturated carbocycles. The normalized spacial score (nSPS) is 17.6. The van der Waals surface area contributed by atoms with Gasteiger partial charge in [-0.3, -0.25) is 4.79 Å². The number of pyridine rings is 1. The Morgan fingerprint density at radius 3 is 2.61 bits per heavy atom. The van der Waals surface area contributed by atoms with Crippen LogP contribution in [0.4, 0.5) is 22.9 Å². The molecule has 31 heavy (non-hydrogen) atoms. The van der Waals surface area contributed by atoms with Gasteiger partial charge in [-0.05, 0) is 42.8 Å². The second-order valence-electron chi connectivity index (χ2n) is 7.63. The lowest BCUT2D eigenvalue weighted by molar-refractivity contribution is -0.114. The van der Waals surface area contributed by atoms with Gasteiger partial charge in [0.05, 0.1) is 5.54 Å². The van der Waals surface area contributed by atoms with Crippen LogP contribution in [0.5, 0.6) is 0 Å². The summed E-state index contributed by atoms with van der Waals surface area (Å²) in [5.74, 6) is 0.0326. The maximum absolute atomic E-state index is 12.0. The number of amides is 1. The van der Waals surface area contributed by atoms with Gasteiger partial charge in [-0.1, -0.05) is 48.6 Å². The largest absolute Gasteiger partial charge is 0.383 e. The summed E-state index contributed by atoms with van der Waals surface area (Å²) >= 11 is 0. The minimum absolute atomic E-state index is 0.412. The number of carbonyl (C=O) groups is 1. The van der Waals surface area contributed by atoms with Crippen molar-refractivity contribution in [2.45, 2.75) is 18.9 Å². The van der Waals surface area contributed by atoms with Crippen LogP contribution in [0.25, 0.3) is 0 Å². The van der Waals surface area contributed by atoms with Gasteiger partial charge in [0.15, 0.2) is 0 Å². The van der Waals surface area contributed by atoms with E-state index in [0.717, 1.165) is 28.2 Å². The third-order valence-electron chi connectivity index (χ3n) is 5.50. The Morgan fingerprint density at radius 1 is 1.06 bits per heavy atom. The predicted octanol–water partition coefficient (Wildman–Crippen LogP) is 4.39. The number of para-hydroxylation sites is 1. The number of nitrogens with two attached hydrogens (primary N) is 2. The third-order valence-corrected chi connectivity index (χ3v) is 5.50. The molecule has 0 fully saturated rings.